The molecule has 0 bridgehead atoms. The zero-order valence-electron chi connectivity index (χ0n) is 12.5. The summed E-state index contributed by atoms with van der Waals surface area (Å²) in [6.45, 7) is 1.66. The second-order valence-corrected chi connectivity index (χ2v) is 5.78. The molecule has 0 aliphatic heterocycles. The van der Waals surface area contributed by atoms with Crippen LogP contribution in [0.25, 0.3) is 0 Å². The van der Waals surface area contributed by atoms with E-state index in [9.17, 15) is 9.90 Å². The number of aliphatic hydroxyl groups excluding tert-OH is 1. The van der Waals surface area contributed by atoms with E-state index in [1.54, 1.807) is 0 Å². The van der Waals surface area contributed by atoms with Crippen LogP contribution in [-0.2, 0) is 16.1 Å². The van der Waals surface area contributed by atoms with Gasteiger partial charge in [0.25, 0.3) is 0 Å². The summed E-state index contributed by atoms with van der Waals surface area (Å²) in [5.74, 6) is 0.450. The summed E-state index contributed by atoms with van der Waals surface area (Å²) < 4.78 is 5.50. The van der Waals surface area contributed by atoms with E-state index in [0.717, 1.165) is 31.2 Å². The summed E-state index contributed by atoms with van der Waals surface area (Å²) in [7, 11) is 0. The number of hydrogen-bond donors (Lipinski definition) is 2. The lowest BCUT2D eigenvalue weighted by Gasteiger charge is -2.25. The second kappa shape index (κ2) is 8.80. The van der Waals surface area contributed by atoms with Crippen molar-refractivity contribution in [2.45, 2.75) is 44.8 Å². The van der Waals surface area contributed by atoms with E-state index in [4.69, 9.17) is 4.74 Å². The highest BCUT2D eigenvalue weighted by atomic mass is 16.5. The Labute approximate surface area is 126 Å². The normalized spacial score (nSPS) is 22.0. The highest BCUT2D eigenvalue weighted by molar-refractivity contribution is 5.75. The van der Waals surface area contributed by atoms with E-state index in [2.05, 4.69) is 5.32 Å². The Bertz CT molecular complexity index is 421. The molecular weight excluding hydrogens is 266 g/mol. The minimum Gasteiger partial charge on any atom is -0.393 e. The van der Waals surface area contributed by atoms with Gasteiger partial charge in [0.1, 0.15) is 0 Å². The maximum atomic E-state index is 11.7. The first-order chi connectivity index (χ1) is 10.2. The van der Waals surface area contributed by atoms with Gasteiger partial charge < -0.3 is 15.2 Å². The summed E-state index contributed by atoms with van der Waals surface area (Å²) in [5.41, 5.74) is 1.12. The third kappa shape index (κ3) is 6.27. The van der Waals surface area contributed by atoms with Crippen molar-refractivity contribution in [3.05, 3.63) is 35.9 Å². The highest BCUT2D eigenvalue weighted by Crippen LogP contribution is 2.23. The standard InChI is InChI=1S/C17H25NO3/c19-16-8-4-7-15(11-16)12-18-17(20)9-10-21-13-14-5-2-1-3-6-14/h1-3,5-6,15-16,19H,4,7-13H2,(H,18,20). The average Bonchev–Trinajstić information content (AvgIpc) is 2.51. The van der Waals surface area contributed by atoms with Crippen LogP contribution in [-0.4, -0.2) is 30.3 Å². The molecule has 4 nitrogen and oxygen atoms in total. The molecule has 1 aromatic carbocycles. The molecule has 0 aromatic heterocycles. The topological polar surface area (TPSA) is 58.6 Å². The van der Waals surface area contributed by atoms with Crippen molar-refractivity contribution < 1.29 is 14.6 Å². The van der Waals surface area contributed by atoms with Crippen LogP contribution in [0.5, 0.6) is 0 Å². The molecule has 2 rings (SSSR count). The quantitative estimate of drug-likeness (QED) is 0.758. The monoisotopic (exact) mass is 291 g/mol. The Hall–Kier alpha value is -1.39. The predicted molar refractivity (Wildman–Crippen MR) is 81.7 cm³/mol. The van der Waals surface area contributed by atoms with E-state index >= 15 is 0 Å². The van der Waals surface area contributed by atoms with E-state index in [0.29, 0.717) is 32.1 Å². The first kappa shape index (κ1) is 16.0. The molecule has 1 saturated carbocycles. The van der Waals surface area contributed by atoms with Gasteiger partial charge in [-0.3, -0.25) is 4.79 Å². The summed E-state index contributed by atoms with van der Waals surface area (Å²) >= 11 is 0. The summed E-state index contributed by atoms with van der Waals surface area (Å²) in [6, 6.07) is 9.94. The number of carbonyl (C=O) groups is 1. The van der Waals surface area contributed by atoms with E-state index in [1.807, 2.05) is 30.3 Å². The van der Waals surface area contributed by atoms with Crippen molar-refractivity contribution in [1.82, 2.24) is 5.32 Å². The van der Waals surface area contributed by atoms with Crippen molar-refractivity contribution in [2.75, 3.05) is 13.2 Å². The van der Waals surface area contributed by atoms with E-state index in [-0.39, 0.29) is 12.0 Å². The van der Waals surface area contributed by atoms with Crippen LogP contribution < -0.4 is 5.32 Å². The van der Waals surface area contributed by atoms with E-state index < -0.39 is 0 Å². The summed E-state index contributed by atoms with van der Waals surface area (Å²) in [6.07, 6.45) is 4.07. The molecular formula is C17H25NO3. The van der Waals surface area contributed by atoms with Gasteiger partial charge in [-0.2, -0.15) is 0 Å². The lowest BCUT2D eigenvalue weighted by Crippen LogP contribution is -2.33. The number of hydrogen-bond acceptors (Lipinski definition) is 3. The molecule has 2 N–H and O–H groups in total. The molecule has 1 amide bonds. The minimum atomic E-state index is -0.185. The molecule has 1 aliphatic rings. The van der Waals surface area contributed by atoms with Gasteiger partial charge in [0.2, 0.25) is 5.91 Å². The summed E-state index contributed by atoms with van der Waals surface area (Å²) in [4.78, 5) is 11.7. The zero-order chi connectivity index (χ0) is 14.9. The van der Waals surface area contributed by atoms with Crippen LogP contribution in [0.2, 0.25) is 0 Å². The number of nitrogens with one attached hydrogen (secondary N) is 1. The Morgan fingerprint density at radius 2 is 2.10 bits per heavy atom. The number of aliphatic hydroxyl groups is 1. The fourth-order valence-electron chi connectivity index (χ4n) is 2.72. The van der Waals surface area contributed by atoms with Gasteiger partial charge in [-0.15, -0.1) is 0 Å². The fraction of sp³-hybridized carbons (Fsp3) is 0.588. The maximum absolute atomic E-state index is 11.7. The molecule has 1 fully saturated rings. The van der Waals surface area contributed by atoms with Crippen molar-refractivity contribution in [3.63, 3.8) is 0 Å². The van der Waals surface area contributed by atoms with Gasteiger partial charge in [-0.25, -0.2) is 0 Å². The highest BCUT2D eigenvalue weighted by Gasteiger charge is 2.20. The molecule has 2 atom stereocenters. The SMILES string of the molecule is O=C(CCOCc1ccccc1)NCC1CCCC(O)C1. The Kier molecular flexibility index (Phi) is 6.70. The first-order valence-corrected chi connectivity index (χ1v) is 7.80. The van der Waals surface area contributed by atoms with Gasteiger partial charge in [0.15, 0.2) is 0 Å². The molecule has 1 aliphatic carbocycles. The lowest BCUT2D eigenvalue weighted by atomic mass is 9.87. The Morgan fingerprint density at radius 3 is 2.86 bits per heavy atom. The number of amides is 1. The van der Waals surface area contributed by atoms with Gasteiger partial charge >= 0.3 is 0 Å². The smallest absolute Gasteiger partial charge is 0.222 e. The van der Waals surface area contributed by atoms with Gasteiger partial charge in [0.05, 0.1) is 19.3 Å². The molecule has 116 valence electrons. The zero-order valence-corrected chi connectivity index (χ0v) is 12.5. The van der Waals surface area contributed by atoms with Crippen molar-refractivity contribution in [3.8, 4) is 0 Å². The van der Waals surface area contributed by atoms with Crippen LogP contribution in [0.3, 0.4) is 0 Å². The van der Waals surface area contributed by atoms with Crippen LogP contribution >= 0.6 is 0 Å². The molecule has 1 aromatic rings. The largest absolute Gasteiger partial charge is 0.393 e. The third-order valence-electron chi connectivity index (χ3n) is 3.93. The average molecular weight is 291 g/mol. The summed E-state index contributed by atoms with van der Waals surface area (Å²) in [5, 5.41) is 12.5. The van der Waals surface area contributed by atoms with Crippen molar-refractivity contribution in [2.24, 2.45) is 5.92 Å². The third-order valence-corrected chi connectivity index (χ3v) is 3.93. The Balaban J connectivity index is 1.53. The lowest BCUT2D eigenvalue weighted by molar-refractivity contribution is -0.122. The first-order valence-electron chi connectivity index (χ1n) is 7.80. The number of ether oxygens (including phenoxy) is 1. The molecule has 0 radical (unpaired) electrons. The molecule has 2 unspecified atom stereocenters. The predicted octanol–water partition coefficient (Wildman–Crippen LogP) is 2.26. The number of benzene rings is 1. The van der Waals surface area contributed by atoms with Gasteiger partial charge in [0, 0.05) is 13.0 Å². The molecule has 0 saturated heterocycles. The van der Waals surface area contributed by atoms with Crippen molar-refractivity contribution in [1.29, 1.82) is 0 Å². The minimum absolute atomic E-state index is 0.0307. The van der Waals surface area contributed by atoms with Crippen LogP contribution in [0.1, 0.15) is 37.7 Å². The molecule has 21 heavy (non-hydrogen) atoms. The molecule has 0 spiro atoms. The van der Waals surface area contributed by atoms with Gasteiger partial charge in [-0.1, -0.05) is 36.8 Å². The second-order valence-electron chi connectivity index (χ2n) is 5.78. The van der Waals surface area contributed by atoms with Crippen LogP contribution in [0, 0.1) is 5.92 Å². The fourth-order valence-corrected chi connectivity index (χ4v) is 2.72. The number of carbonyl (C=O) groups excluding carboxylic acids is 1. The number of rotatable bonds is 7. The van der Waals surface area contributed by atoms with Crippen LogP contribution in [0.15, 0.2) is 30.3 Å². The molecule has 4 heteroatoms. The maximum Gasteiger partial charge on any atom is 0.222 e. The van der Waals surface area contributed by atoms with Gasteiger partial charge in [-0.05, 0) is 30.7 Å². The van der Waals surface area contributed by atoms with Crippen molar-refractivity contribution >= 4 is 5.91 Å². The molecule has 0 heterocycles. The Morgan fingerprint density at radius 1 is 1.29 bits per heavy atom. The van der Waals surface area contributed by atoms with Crippen LogP contribution in [0.4, 0.5) is 0 Å². The van der Waals surface area contributed by atoms with E-state index in [1.165, 1.54) is 0 Å².